The van der Waals surface area contributed by atoms with E-state index in [0.717, 1.165) is 11.1 Å². The van der Waals surface area contributed by atoms with E-state index < -0.39 is 5.97 Å². The number of rotatable bonds is 6. The first kappa shape index (κ1) is 19.5. The smallest absolute Gasteiger partial charge is 0.305 e. The number of aliphatic carboxylic acids is 1. The Morgan fingerprint density at radius 1 is 1.21 bits per heavy atom. The molecule has 146 valence electrons. The number of fused-ring (bicyclic) bond motifs is 1. The largest absolute Gasteiger partial charge is 0.481 e. The number of hydrogen-bond acceptors (Lipinski definition) is 3. The molecule has 0 spiro atoms. The molecule has 0 unspecified atom stereocenters. The van der Waals surface area contributed by atoms with Crippen molar-refractivity contribution in [2.75, 3.05) is 13.6 Å². The molecule has 0 aliphatic heterocycles. The predicted octanol–water partition coefficient (Wildman–Crippen LogP) is 3.23. The highest BCUT2D eigenvalue weighted by molar-refractivity contribution is 5.82. The van der Waals surface area contributed by atoms with Crippen molar-refractivity contribution in [3.05, 3.63) is 59.2 Å². The molecule has 1 amide bonds. The van der Waals surface area contributed by atoms with E-state index >= 15 is 0 Å². The molecule has 28 heavy (non-hydrogen) atoms. The van der Waals surface area contributed by atoms with Gasteiger partial charge < -0.3 is 14.4 Å². The van der Waals surface area contributed by atoms with Gasteiger partial charge in [-0.1, -0.05) is 6.07 Å². The normalized spacial score (nSPS) is 11.0. The molecule has 0 aliphatic rings. The third kappa shape index (κ3) is 4.03. The molecule has 0 atom stereocenters. The lowest BCUT2D eigenvalue weighted by atomic mass is 10.1. The van der Waals surface area contributed by atoms with Gasteiger partial charge in [-0.2, -0.15) is 0 Å². The van der Waals surface area contributed by atoms with Gasteiger partial charge in [0.25, 0.3) is 0 Å². The van der Waals surface area contributed by atoms with E-state index in [1.807, 2.05) is 29.7 Å². The SMILES string of the molecule is Cc1ccc2nc(-c3ccc(F)c(C)c3)c(CC(=O)N(C)CCC(=O)O)n2c1. The lowest BCUT2D eigenvalue weighted by Gasteiger charge is -2.16. The first-order valence-corrected chi connectivity index (χ1v) is 8.96. The Hall–Kier alpha value is -3.22. The van der Waals surface area contributed by atoms with Crippen LogP contribution in [0, 0.1) is 19.7 Å². The van der Waals surface area contributed by atoms with E-state index in [0.29, 0.717) is 22.6 Å². The molecule has 0 radical (unpaired) electrons. The number of benzene rings is 1. The van der Waals surface area contributed by atoms with Crippen LogP contribution in [0.25, 0.3) is 16.9 Å². The highest BCUT2D eigenvalue weighted by atomic mass is 19.1. The van der Waals surface area contributed by atoms with Crippen LogP contribution in [0.4, 0.5) is 4.39 Å². The molecule has 0 aliphatic carbocycles. The van der Waals surface area contributed by atoms with Crippen molar-refractivity contribution >= 4 is 17.5 Å². The number of likely N-dealkylation sites (N-methyl/N-ethyl adjacent to an activating group) is 1. The van der Waals surface area contributed by atoms with Crippen LogP contribution in [0.15, 0.2) is 36.5 Å². The molecular formula is C21H22FN3O3. The lowest BCUT2D eigenvalue weighted by molar-refractivity contribution is -0.138. The fourth-order valence-electron chi connectivity index (χ4n) is 3.06. The topological polar surface area (TPSA) is 74.9 Å². The van der Waals surface area contributed by atoms with Crippen LogP contribution in [0.2, 0.25) is 0 Å². The number of carbonyl (C=O) groups excluding carboxylic acids is 1. The van der Waals surface area contributed by atoms with Crippen LogP contribution >= 0.6 is 0 Å². The number of nitrogens with zero attached hydrogens (tertiary/aromatic N) is 3. The summed E-state index contributed by atoms with van der Waals surface area (Å²) in [4.78, 5) is 29.5. The molecule has 7 heteroatoms. The van der Waals surface area contributed by atoms with Crippen LogP contribution in [0.3, 0.4) is 0 Å². The van der Waals surface area contributed by atoms with Crippen molar-refractivity contribution in [3.8, 4) is 11.3 Å². The summed E-state index contributed by atoms with van der Waals surface area (Å²) in [5.41, 5.74) is 4.25. The summed E-state index contributed by atoms with van der Waals surface area (Å²) >= 11 is 0. The van der Waals surface area contributed by atoms with E-state index in [2.05, 4.69) is 4.98 Å². The lowest BCUT2D eigenvalue weighted by Crippen LogP contribution is -2.30. The Morgan fingerprint density at radius 2 is 1.96 bits per heavy atom. The van der Waals surface area contributed by atoms with Crippen molar-refractivity contribution in [2.24, 2.45) is 0 Å². The summed E-state index contributed by atoms with van der Waals surface area (Å²) in [7, 11) is 1.58. The highest BCUT2D eigenvalue weighted by Crippen LogP contribution is 2.27. The number of aryl methyl sites for hydroxylation is 2. The maximum absolute atomic E-state index is 13.7. The van der Waals surface area contributed by atoms with E-state index in [1.165, 1.54) is 11.0 Å². The van der Waals surface area contributed by atoms with Gasteiger partial charge in [0, 0.05) is 25.4 Å². The molecule has 1 aromatic carbocycles. The van der Waals surface area contributed by atoms with Crippen LogP contribution in [0.1, 0.15) is 23.2 Å². The molecule has 3 rings (SSSR count). The molecule has 1 N–H and O–H groups in total. The third-order valence-corrected chi connectivity index (χ3v) is 4.70. The quantitative estimate of drug-likeness (QED) is 0.709. The van der Waals surface area contributed by atoms with E-state index in [9.17, 15) is 14.0 Å². The first-order chi connectivity index (χ1) is 13.3. The highest BCUT2D eigenvalue weighted by Gasteiger charge is 2.20. The van der Waals surface area contributed by atoms with Crippen LogP contribution in [0.5, 0.6) is 0 Å². The number of carbonyl (C=O) groups is 2. The van der Waals surface area contributed by atoms with Gasteiger partial charge in [-0.3, -0.25) is 9.59 Å². The molecule has 2 aromatic heterocycles. The second kappa shape index (κ2) is 7.80. The van der Waals surface area contributed by atoms with Gasteiger partial charge >= 0.3 is 5.97 Å². The van der Waals surface area contributed by atoms with Gasteiger partial charge in [-0.25, -0.2) is 9.37 Å². The average molecular weight is 383 g/mol. The van der Waals surface area contributed by atoms with Gasteiger partial charge in [0.2, 0.25) is 5.91 Å². The Kier molecular flexibility index (Phi) is 5.44. The minimum atomic E-state index is -0.951. The van der Waals surface area contributed by atoms with E-state index in [1.54, 1.807) is 26.1 Å². The second-order valence-electron chi connectivity index (χ2n) is 6.94. The summed E-state index contributed by atoms with van der Waals surface area (Å²) in [6.45, 7) is 3.77. The zero-order chi connectivity index (χ0) is 20.4. The summed E-state index contributed by atoms with van der Waals surface area (Å²) in [5.74, 6) is -1.45. The van der Waals surface area contributed by atoms with Crippen molar-refractivity contribution in [3.63, 3.8) is 0 Å². The minimum absolute atomic E-state index is 0.0620. The van der Waals surface area contributed by atoms with E-state index in [4.69, 9.17) is 5.11 Å². The molecule has 3 aromatic rings. The molecule has 0 fully saturated rings. The molecule has 0 saturated carbocycles. The fraction of sp³-hybridized carbons (Fsp3) is 0.286. The number of imidazole rings is 1. The predicted molar refractivity (Wildman–Crippen MR) is 104 cm³/mol. The Morgan fingerprint density at radius 3 is 2.64 bits per heavy atom. The van der Waals surface area contributed by atoms with Gasteiger partial charge in [-0.15, -0.1) is 0 Å². The standard InChI is InChI=1S/C21H22FN3O3/c1-13-4-7-18-23-21(15-5-6-16(22)14(2)10-15)17(25(18)12-13)11-19(26)24(3)9-8-20(27)28/h4-7,10,12H,8-9,11H2,1-3H3,(H,27,28). The number of aromatic nitrogens is 2. The van der Waals surface area contributed by atoms with Crippen molar-refractivity contribution < 1.29 is 19.1 Å². The zero-order valence-corrected chi connectivity index (χ0v) is 16.1. The zero-order valence-electron chi connectivity index (χ0n) is 16.1. The Labute approximate surface area is 162 Å². The van der Waals surface area contributed by atoms with Gasteiger partial charge in [-0.05, 0) is 49.2 Å². The summed E-state index contributed by atoms with van der Waals surface area (Å²) in [6, 6.07) is 8.57. The Balaban J connectivity index is 2.03. The van der Waals surface area contributed by atoms with Gasteiger partial charge in [0.1, 0.15) is 11.5 Å². The average Bonchev–Trinajstić information content (AvgIpc) is 2.99. The third-order valence-electron chi connectivity index (χ3n) is 4.70. The van der Waals surface area contributed by atoms with Crippen LogP contribution in [-0.4, -0.2) is 44.9 Å². The molecule has 0 saturated heterocycles. The summed E-state index contributed by atoms with van der Waals surface area (Å²) in [6.07, 6.45) is 1.85. The molecule has 6 nitrogen and oxygen atoms in total. The number of amides is 1. The summed E-state index contributed by atoms with van der Waals surface area (Å²) < 4.78 is 15.6. The molecule has 0 bridgehead atoms. The van der Waals surface area contributed by atoms with Gasteiger partial charge in [0.05, 0.1) is 24.2 Å². The second-order valence-corrected chi connectivity index (χ2v) is 6.94. The molecule has 2 heterocycles. The first-order valence-electron chi connectivity index (χ1n) is 8.96. The Bertz CT molecular complexity index is 1060. The number of hydrogen-bond donors (Lipinski definition) is 1. The van der Waals surface area contributed by atoms with Crippen LogP contribution in [-0.2, 0) is 16.0 Å². The van der Waals surface area contributed by atoms with Crippen molar-refractivity contribution in [1.82, 2.24) is 14.3 Å². The number of pyridine rings is 1. The fourth-order valence-corrected chi connectivity index (χ4v) is 3.06. The van der Waals surface area contributed by atoms with Crippen LogP contribution < -0.4 is 0 Å². The number of halogens is 1. The molecular weight excluding hydrogens is 361 g/mol. The number of carboxylic acids is 1. The maximum Gasteiger partial charge on any atom is 0.305 e. The minimum Gasteiger partial charge on any atom is -0.481 e. The van der Waals surface area contributed by atoms with Crippen molar-refractivity contribution in [1.29, 1.82) is 0 Å². The summed E-state index contributed by atoms with van der Waals surface area (Å²) in [5, 5.41) is 8.83. The monoisotopic (exact) mass is 383 g/mol. The van der Waals surface area contributed by atoms with Gasteiger partial charge in [0.15, 0.2) is 0 Å². The maximum atomic E-state index is 13.7. The van der Waals surface area contributed by atoms with E-state index in [-0.39, 0.29) is 31.1 Å². The number of carboxylic acid groups (broad SMARTS) is 1. The van der Waals surface area contributed by atoms with Crippen molar-refractivity contribution in [2.45, 2.75) is 26.7 Å².